The van der Waals surface area contributed by atoms with Gasteiger partial charge >= 0.3 is 0 Å². The van der Waals surface area contributed by atoms with Crippen LogP contribution in [-0.4, -0.2) is 50.9 Å². The molecule has 0 saturated heterocycles. The molecule has 208 valence electrons. The third-order valence-corrected chi connectivity index (χ3v) is 8.01. The first-order valence-corrected chi connectivity index (χ1v) is 14.4. The van der Waals surface area contributed by atoms with Gasteiger partial charge in [-0.05, 0) is 69.2 Å². The van der Waals surface area contributed by atoms with Crippen molar-refractivity contribution in [1.82, 2.24) is 10.2 Å². The standard InChI is InChI=1S/C30H37N3O5S/c1-6-28(30(35)31-22(2)3)32(20-24-12-10-11-23(4)19-24)29(34)21-33(25-13-8-7-9-14-25)39(36,37)27-17-15-26(38-5)16-18-27/h7-19,22,28H,6,20-21H2,1-5H3,(H,31,35). The summed E-state index contributed by atoms with van der Waals surface area (Å²) in [5.41, 5.74) is 2.22. The number of nitrogens with one attached hydrogen (secondary N) is 1. The molecule has 1 N–H and O–H groups in total. The summed E-state index contributed by atoms with van der Waals surface area (Å²) in [5.74, 6) is -0.247. The second-order valence-corrected chi connectivity index (χ2v) is 11.5. The highest BCUT2D eigenvalue weighted by atomic mass is 32.2. The number of amides is 2. The number of ether oxygens (including phenoxy) is 1. The van der Waals surface area contributed by atoms with E-state index in [1.165, 1.54) is 24.1 Å². The van der Waals surface area contributed by atoms with Gasteiger partial charge in [-0.1, -0.05) is 55.0 Å². The number of rotatable bonds is 12. The van der Waals surface area contributed by atoms with Crippen LogP contribution in [0.1, 0.15) is 38.3 Å². The monoisotopic (exact) mass is 551 g/mol. The molecule has 1 atom stereocenters. The van der Waals surface area contributed by atoms with Gasteiger partial charge in [-0.25, -0.2) is 8.42 Å². The van der Waals surface area contributed by atoms with Crippen molar-refractivity contribution in [3.8, 4) is 5.75 Å². The van der Waals surface area contributed by atoms with Crippen LogP contribution in [0.25, 0.3) is 0 Å². The fourth-order valence-electron chi connectivity index (χ4n) is 4.31. The molecule has 3 aromatic carbocycles. The van der Waals surface area contributed by atoms with E-state index in [1.807, 2.05) is 52.0 Å². The van der Waals surface area contributed by atoms with E-state index in [4.69, 9.17) is 4.74 Å². The molecule has 8 nitrogen and oxygen atoms in total. The minimum Gasteiger partial charge on any atom is -0.497 e. The van der Waals surface area contributed by atoms with E-state index in [0.717, 1.165) is 15.4 Å². The van der Waals surface area contributed by atoms with Crippen molar-refractivity contribution in [2.45, 2.75) is 57.6 Å². The van der Waals surface area contributed by atoms with Crippen LogP contribution in [0.3, 0.4) is 0 Å². The van der Waals surface area contributed by atoms with Gasteiger partial charge in [0.2, 0.25) is 11.8 Å². The number of carbonyl (C=O) groups excluding carboxylic acids is 2. The minimum absolute atomic E-state index is 0.0229. The normalized spacial score (nSPS) is 12.1. The zero-order valence-corrected chi connectivity index (χ0v) is 23.9. The molecular weight excluding hydrogens is 514 g/mol. The molecule has 0 bridgehead atoms. The first-order valence-electron chi connectivity index (χ1n) is 12.9. The number of sulfonamides is 1. The van der Waals surface area contributed by atoms with Crippen LogP contribution >= 0.6 is 0 Å². The summed E-state index contributed by atoms with van der Waals surface area (Å²) in [4.78, 5) is 28.7. The van der Waals surface area contributed by atoms with Gasteiger partial charge in [0.25, 0.3) is 10.0 Å². The number of hydrogen-bond donors (Lipinski definition) is 1. The van der Waals surface area contributed by atoms with Gasteiger partial charge in [0.1, 0.15) is 18.3 Å². The molecule has 0 fully saturated rings. The number of anilines is 1. The molecule has 2 amide bonds. The summed E-state index contributed by atoms with van der Waals surface area (Å²) in [7, 11) is -2.63. The zero-order chi connectivity index (χ0) is 28.6. The summed E-state index contributed by atoms with van der Waals surface area (Å²) in [6.45, 7) is 7.19. The Labute approximate surface area is 231 Å². The van der Waals surface area contributed by atoms with Gasteiger partial charge in [0, 0.05) is 12.6 Å². The molecule has 0 radical (unpaired) electrons. The van der Waals surface area contributed by atoms with E-state index < -0.39 is 28.5 Å². The van der Waals surface area contributed by atoms with Gasteiger partial charge in [-0.2, -0.15) is 0 Å². The molecule has 0 heterocycles. The number of hydrogen-bond acceptors (Lipinski definition) is 5. The van der Waals surface area contributed by atoms with E-state index in [1.54, 1.807) is 42.5 Å². The van der Waals surface area contributed by atoms with E-state index >= 15 is 0 Å². The summed E-state index contributed by atoms with van der Waals surface area (Å²) in [5, 5.41) is 2.90. The lowest BCUT2D eigenvalue weighted by Gasteiger charge is -2.33. The maximum absolute atomic E-state index is 14.0. The van der Waals surface area contributed by atoms with E-state index in [-0.39, 0.29) is 23.4 Å². The topological polar surface area (TPSA) is 96.0 Å². The number of carbonyl (C=O) groups is 2. The lowest BCUT2D eigenvalue weighted by atomic mass is 10.1. The predicted molar refractivity (Wildman–Crippen MR) is 153 cm³/mol. The van der Waals surface area contributed by atoms with Crippen LogP contribution < -0.4 is 14.4 Å². The number of benzene rings is 3. The fourth-order valence-corrected chi connectivity index (χ4v) is 5.72. The molecule has 9 heteroatoms. The SMILES string of the molecule is CCC(C(=O)NC(C)C)N(Cc1cccc(C)c1)C(=O)CN(c1ccccc1)S(=O)(=O)c1ccc(OC)cc1. The van der Waals surface area contributed by atoms with Crippen molar-refractivity contribution in [3.63, 3.8) is 0 Å². The van der Waals surface area contributed by atoms with E-state index in [2.05, 4.69) is 5.32 Å². The van der Waals surface area contributed by atoms with E-state index in [9.17, 15) is 18.0 Å². The highest BCUT2D eigenvalue weighted by Gasteiger charge is 2.33. The molecule has 1 unspecified atom stereocenters. The highest BCUT2D eigenvalue weighted by molar-refractivity contribution is 7.92. The van der Waals surface area contributed by atoms with Crippen molar-refractivity contribution < 1.29 is 22.7 Å². The second-order valence-electron chi connectivity index (χ2n) is 9.62. The fraction of sp³-hybridized carbons (Fsp3) is 0.333. The maximum atomic E-state index is 14.0. The Morgan fingerprint density at radius 2 is 1.62 bits per heavy atom. The van der Waals surface area contributed by atoms with Crippen LogP contribution in [-0.2, 0) is 26.2 Å². The minimum atomic E-state index is -4.13. The third kappa shape index (κ3) is 7.60. The van der Waals surface area contributed by atoms with Crippen LogP contribution in [0.15, 0.2) is 83.8 Å². The van der Waals surface area contributed by atoms with Crippen molar-refractivity contribution in [3.05, 3.63) is 90.0 Å². The molecule has 0 spiro atoms. The molecule has 3 aromatic rings. The molecule has 0 saturated carbocycles. The van der Waals surface area contributed by atoms with E-state index in [0.29, 0.717) is 17.9 Å². The van der Waals surface area contributed by atoms with Crippen LogP contribution in [0.2, 0.25) is 0 Å². The predicted octanol–water partition coefficient (Wildman–Crippen LogP) is 4.53. The molecule has 0 aromatic heterocycles. The summed E-state index contributed by atoms with van der Waals surface area (Å²) in [6.07, 6.45) is 0.368. The molecule has 0 aliphatic rings. The summed E-state index contributed by atoms with van der Waals surface area (Å²) in [6, 6.07) is 21.3. The molecule has 0 aliphatic heterocycles. The largest absolute Gasteiger partial charge is 0.497 e. The first kappa shape index (κ1) is 29.7. The van der Waals surface area contributed by atoms with Crippen molar-refractivity contribution >= 4 is 27.5 Å². The van der Waals surface area contributed by atoms with Gasteiger partial charge in [0.15, 0.2) is 0 Å². The Balaban J connectivity index is 2.04. The van der Waals surface area contributed by atoms with Gasteiger partial charge in [0.05, 0.1) is 17.7 Å². The zero-order valence-electron chi connectivity index (χ0n) is 23.1. The Morgan fingerprint density at radius 1 is 0.949 bits per heavy atom. The highest BCUT2D eigenvalue weighted by Crippen LogP contribution is 2.26. The number of nitrogens with zero attached hydrogens (tertiary/aromatic N) is 2. The number of methoxy groups -OCH3 is 1. The third-order valence-electron chi connectivity index (χ3n) is 6.22. The molecule has 0 aliphatic carbocycles. The Kier molecular flexibility index (Phi) is 10.1. The number of para-hydroxylation sites is 1. The van der Waals surface area contributed by atoms with Crippen LogP contribution in [0, 0.1) is 6.92 Å². The quantitative estimate of drug-likeness (QED) is 0.357. The van der Waals surface area contributed by atoms with Crippen molar-refractivity contribution in [1.29, 1.82) is 0 Å². The van der Waals surface area contributed by atoms with Crippen molar-refractivity contribution in [2.75, 3.05) is 18.0 Å². The van der Waals surface area contributed by atoms with Gasteiger partial charge in [-0.15, -0.1) is 0 Å². The number of aryl methyl sites for hydroxylation is 1. The maximum Gasteiger partial charge on any atom is 0.264 e. The Hall–Kier alpha value is -3.85. The molecule has 39 heavy (non-hydrogen) atoms. The lowest BCUT2D eigenvalue weighted by Crippen LogP contribution is -2.53. The summed E-state index contributed by atoms with van der Waals surface area (Å²) < 4.78 is 34.0. The van der Waals surface area contributed by atoms with Crippen LogP contribution in [0.4, 0.5) is 5.69 Å². The molecule has 3 rings (SSSR count). The summed E-state index contributed by atoms with van der Waals surface area (Å²) >= 11 is 0. The van der Waals surface area contributed by atoms with Crippen LogP contribution in [0.5, 0.6) is 5.75 Å². The molecular formula is C30H37N3O5S. The Morgan fingerprint density at radius 3 is 2.18 bits per heavy atom. The first-order chi connectivity index (χ1) is 18.6. The smallest absolute Gasteiger partial charge is 0.264 e. The average Bonchev–Trinajstić information content (AvgIpc) is 2.91. The van der Waals surface area contributed by atoms with Gasteiger partial charge < -0.3 is 15.0 Å². The lowest BCUT2D eigenvalue weighted by molar-refractivity contribution is -0.140. The van der Waals surface area contributed by atoms with Crippen molar-refractivity contribution in [2.24, 2.45) is 0 Å². The Bertz CT molecular complexity index is 1360. The second kappa shape index (κ2) is 13.3. The van der Waals surface area contributed by atoms with Gasteiger partial charge in [-0.3, -0.25) is 13.9 Å². The average molecular weight is 552 g/mol.